The quantitative estimate of drug-likeness (QED) is 0.857. The third kappa shape index (κ3) is 3.14. The van der Waals surface area contributed by atoms with Gasteiger partial charge in [0.15, 0.2) is 0 Å². The zero-order chi connectivity index (χ0) is 19.0. The molecule has 1 aromatic heterocycles. The molecule has 138 valence electrons. The number of rotatable bonds is 4. The van der Waals surface area contributed by atoms with Crippen molar-refractivity contribution in [2.45, 2.75) is 31.5 Å². The zero-order valence-electron chi connectivity index (χ0n) is 14.6. The Balaban J connectivity index is 1.60. The van der Waals surface area contributed by atoms with Crippen LogP contribution >= 0.6 is 0 Å². The standard InChI is InChI=1S/C19H18FN5O2/c1-19(10-12-2-4-13(20)5-3-12)24-17(26)15-7-6-14(18(27)25(15)19)23-16-8-9-21-11-22-16/h2-6,8-9,11,15H,7,10H2,1H3,(H,24,26)(H,21,22,23). The van der Waals surface area contributed by atoms with Gasteiger partial charge in [-0.25, -0.2) is 14.4 Å². The first-order chi connectivity index (χ1) is 13.0. The second kappa shape index (κ2) is 6.46. The summed E-state index contributed by atoms with van der Waals surface area (Å²) >= 11 is 0. The van der Waals surface area contributed by atoms with E-state index in [2.05, 4.69) is 20.6 Å². The highest BCUT2D eigenvalue weighted by atomic mass is 19.1. The van der Waals surface area contributed by atoms with Crippen molar-refractivity contribution in [2.75, 3.05) is 5.32 Å². The number of carbonyl (C=O) groups excluding carboxylic acids is 2. The molecule has 8 heteroatoms. The lowest BCUT2D eigenvalue weighted by atomic mass is 9.97. The molecular weight excluding hydrogens is 349 g/mol. The Labute approximate surface area is 155 Å². The molecule has 2 aromatic rings. The van der Waals surface area contributed by atoms with E-state index in [9.17, 15) is 14.0 Å². The second-order valence-electron chi connectivity index (χ2n) is 6.83. The zero-order valence-corrected chi connectivity index (χ0v) is 14.6. The van der Waals surface area contributed by atoms with E-state index in [1.54, 1.807) is 42.3 Å². The van der Waals surface area contributed by atoms with E-state index < -0.39 is 11.7 Å². The van der Waals surface area contributed by atoms with Crippen molar-refractivity contribution in [1.29, 1.82) is 0 Å². The fraction of sp³-hybridized carbons (Fsp3) is 0.263. The molecular formula is C19H18FN5O2. The number of nitrogens with zero attached hydrogens (tertiary/aromatic N) is 3. The van der Waals surface area contributed by atoms with Crippen molar-refractivity contribution >= 4 is 17.6 Å². The van der Waals surface area contributed by atoms with E-state index in [1.165, 1.54) is 18.5 Å². The van der Waals surface area contributed by atoms with Gasteiger partial charge in [-0.2, -0.15) is 0 Å². The highest BCUT2D eigenvalue weighted by Gasteiger charge is 2.52. The van der Waals surface area contributed by atoms with Crippen LogP contribution in [0.3, 0.4) is 0 Å². The molecule has 2 unspecified atom stereocenters. The first-order valence-electron chi connectivity index (χ1n) is 8.60. The molecule has 1 saturated heterocycles. The van der Waals surface area contributed by atoms with Crippen LogP contribution < -0.4 is 10.6 Å². The molecule has 0 bridgehead atoms. The largest absolute Gasteiger partial charge is 0.336 e. The number of nitrogens with one attached hydrogen (secondary N) is 2. The maximum absolute atomic E-state index is 13.2. The molecule has 1 fully saturated rings. The van der Waals surface area contributed by atoms with Crippen LogP contribution in [0.1, 0.15) is 18.9 Å². The Kier molecular flexibility index (Phi) is 4.10. The fourth-order valence-corrected chi connectivity index (χ4v) is 3.63. The van der Waals surface area contributed by atoms with Gasteiger partial charge < -0.3 is 15.5 Å². The highest BCUT2D eigenvalue weighted by molar-refractivity contribution is 6.03. The second-order valence-corrected chi connectivity index (χ2v) is 6.83. The van der Waals surface area contributed by atoms with Crippen molar-refractivity contribution in [3.8, 4) is 0 Å². The molecule has 0 aliphatic carbocycles. The summed E-state index contributed by atoms with van der Waals surface area (Å²) < 4.78 is 13.2. The number of benzene rings is 1. The van der Waals surface area contributed by atoms with E-state index in [0.29, 0.717) is 24.4 Å². The number of hydrogen-bond acceptors (Lipinski definition) is 5. The van der Waals surface area contributed by atoms with Crippen LogP contribution in [0.5, 0.6) is 0 Å². The Hall–Kier alpha value is -3.29. The van der Waals surface area contributed by atoms with Gasteiger partial charge in [-0.1, -0.05) is 18.2 Å². The first kappa shape index (κ1) is 17.1. The van der Waals surface area contributed by atoms with Crippen molar-refractivity contribution in [3.63, 3.8) is 0 Å². The van der Waals surface area contributed by atoms with Gasteiger partial charge in [-0.3, -0.25) is 9.59 Å². The van der Waals surface area contributed by atoms with E-state index in [1.807, 2.05) is 0 Å². The molecule has 2 aliphatic heterocycles. The number of aromatic nitrogens is 2. The SMILES string of the molecule is CC1(Cc2ccc(F)cc2)NC(=O)C2CC=C(Nc3ccncn3)C(=O)N21. The molecule has 0 saturated carbocycles. The minimum atomic E-state index is -0.899. The number of amides is 2. The maximum Gasteiger partial charge on any atom is 0.272 e. The number of halogens is 1. The summed E-state index contributed by atoms with van der Waals surface area (Å²) in [5.41, 5.74) is 0.295. The molecule has 2 amide bonds. The highest BCUT2D eigenvalue weighted by Crippen LogP contribution is 2.33. The van der Waals surface area contributed by atoms with Crippen LogP contribution in [0.25, 0.3) is 0 Å². The summed E-state index contributed by atoms with van der Waals surface area (Å²) in [6.07, 6.45) is 5.46. The van der Waals surface area contributed by atoms with Gasteiger partial charge in [0.1, 0.15) is 35.4 Å². The van der Waals surface area contributed by atoms with E-state index in [0.717, 1.165) is 5.56 Å². The predicted molar refractivity (Wildman–Crippen MR) is 95.6 cm³/mol. The molecule has 4 rings (SSSR count). The van der Waals surface area contributed by atoms with Gasteiger partial charge in [0.25, 0.3) is 5.91 Å². The van der Waals surface area contributed by atoms with E-state index in [4.69, 9.17) is 0 Å². The number of fused-ring (bicyclic) bond motifs is 1. The Morgan fingerprint density at radius 2 is 2.07 bits per heavy atom. The molecule has 1 aromatic carbocycles. The third-order valence-corrected chi connectivity index (χ3v) is 4.84. The molecule has 2 aliphatic rings. The van der Waals surface area contributed by atoms with Crippen molar-refractivity contribution < 1.29 is 14.0 Å². The van der Waals surface area contributed by atoms with Gasteiger partial charge in [0.05, 0.1) is 0 Å². The summed E-state index contributed by atoms with van der Waals surface area (Å²) in [5.74, 6) is -0.301. The minimum Gasteiger partial charge on any atom is -0.336 e. The Bertz CT molecular complexity index is 915. The summed E-state index contributed by atoms with van der Waals surface area (Å²) in [7, 11) is 0. The lowest BCUT2D eigenvalue weighted by molar-refractivity contribution is -0.136. The summed E-state index contributed by atoms with van der Waals surface area (Å²) in [6, 6.07) is 7.15. The van der Waals surface area contributed by atoms with E-state index >= 15 is 0 Å². The lowest BCUT2D eigenvalue weighted by Gasteiger charge is -2.39. The van der Waals surface area contributed by atoms with Crippen LogP contribution in [-0.2, 0) is 16.0 Å². The summed E-state index contributed by atoms with van der Waals surface area (Å²) in [6.45, 7) is 1.81. The smallest absolute Gasteiger partial charge is 0.272 e. The average Bonchev–Trinajstić information content (AvgIpc) is 2.91. The van der Waals surface area contributed by atoms with Crippen molar-refractivity contribution in [1.82, 2.24) is 20.2 Å². The number of hydrogen-bond donors (Lipinski definition) is 2. The van der Waals surface area contributed by atoms with Gasteiger partial charge in [0.2, 0.25) is 5.91 Å². The van der Waals surface area contributed by atoms with Crippen LogP contribution in [0.15, 0.2) is 54.6 Å². The van der Waals surface area contributed by atoms with Gasteiger partial charge in [-0.05, 0) is 37.1 Å². The Morgan fingerprint density at radius 3 is 2.78 bits per heavy atom. The third-order valence-electron chi connectivity index (χ3n) is 4.84. The minimum absolute atomic E-state index is 0.190. The topological polar surface area (TPSA) is 87.2 Å². The molecule has 3 heterocycles. The van der Waals surface area contributed by atoms with Gasteiger partial charge in [0, 0.05) is 12.6 Å². The predicted octanol–water partition coefficient (Wildman–Crippen LogP) is 1.60. The monoisotopic (exact) mass is 367 g/mol. The summed E-state index contributed by atoms with van der Waals surface area (Å²) in [5, 5.41) is 5.93. The normalized spacial score (nSPS) is 24.3. The number of carbonyl (C=O) groups is 2. The van der Waals surface area contributed by atoms with Crippen LogP contribution in [0, 0.1) is 5.82 Å². The molecule has 2 atom stereocenters. The van der Waals surface area contributed by atoms with Gasteiger partial charge >= 0.3 is 0 Å². The number of anilines is 1. The molecule has 27 heavy (non-hydrogen) atoms. The van der Waals surface area contributed by atoms with E-state index in [-0.39, 0.29) is 17.6 Å². The van der Waals surface area contributed by atoms with Crippen LogP contribution in [0.2, 0.25) is 0 Å². The lowest BCUT2D eigenvalue weighted by Crippen LogP contribution is -2.56. The molecule has 2 N–H and O–H groups in total. The van der Waals surface area contributed by atoms with Crippen molar-refractivity contribution in [2.24, 2.45) is 0 Å². The van der Waals surface area contributed by atoms with Crippen LogP contribution in [0.4, 0.5) is 10.2 Å². The molecule has 7 nitrogen and oxygen atoms in total. The average molecular weight is 367 g/mol. The van der Waals surface area contributed by atoms with Crippen molar-refractivity contribution in [3.05, 3.63) is 66.0 Å². The molecule has 0 radical (unpaired) electrons. The summed E-state index contributed by atoms with van der Waals surface area (Å²) in [4.78, 5) is 35.0. The first-order valence-corrected chi connectivity index (χ1v) is 8.60. The molecule has 0 spiro atoms. The Morgan fingerprint density at radius 1 is 1.30 bits per heavy atom. The van der Waals surface area contributed by atoms with Gasteiger partial charge in [-0.15, -0.1) is 0 Å². The van der Waals surface area contributed by atoms with Crippen LogP contribution in [-0.4, -0.2) is 38.4 Å². The maximum atomic E-state index is 13.2. The fourth-order valence-electron chi connectivity index (χ4n) is 3.63.